The van der Waals surface area contributed by atoms with Crippen LogP contribution < -0.4 is 0 Å². The molecule has 1 unspecified atom stereocenters. The maximum atomic E-state index is 11.4. The van der Waals surface area contributed by atoms with Crippen molar-refractivity contribution in [2.24, 2.45) is 5.92 Å². The summed E-state index contributed by atoms with van der Waals surface area (Å²) in [4.78, 5) is 23.8. The molecule has 0 N–H and O–H groups in total. The fourth-order valence-corrected chi connectivity index (χ4v) is 1.05. The van der Waals surface area contributed by atoms with Gasteiger partial charge >= 0.3 is 5.97 Å². The molecule has 0 saturated heterocycles. The summed E-state index contributed by atoms with van der Waals surface area (Å²) in [5.74, 6) is -0.555. The summed E-state index contributed by atoms with van der Waals surface area (Å²) in [5.41, 5.74) is 0. The number of rotatable bonds is 5. The van der Waals surface area contributed by atoms with Gasteiger partial charge in [-0.25, -0.2) is 0 Å². The number of hydrogen-bond acceptors (Lipinski definition) is 3. The van der Waals surface area contributed by atoms with Crippen LogP contribution in [0.2, 0.25) is 0 Å². The van der Waals surface area contributed by atoms with Crippen molar-refractivity contribution in [2.45, 2.75) is 13.8 Å². The number of esters is 1. The summed E-state index contributed by atoms with van der Waals surface area (Å²) >= 11 is 5.52. The highest BCUT2D eigenvalue weighted by atomic mass is 35.5. The van der Waals surface area contributed by atoms with Crippen molar-refractivity contribution in [2.75, 3.05) is 26.1 Å². The molecule has 0 saturated carbocycles. The van der Waals surface area contributed by atoms with Gasteiger partial charge in [0.25, 0.3) is 0 Å². The Morgan fingerprint density at radius 3 is 2.50 bits per heavy atom. The Balaban J connectivity index is 4.01. The molecule has 0 aromatic heterocycles. The lowest BCUT2D eigenvalue weighted by molar-refractivity contribution is -0.148. The molecule has 0 fully saturated rings. The lowest BCUT2D eigenvalue weighted by Crippen LogP contribution is -2.36. The van der Waals surface area contributed by atoms with Crippen LogP contribution in [0.3, 0.4) is 0 Å². The van der Waals surface area contributed by atoms with Gasteiger partial charge in [0.15, 0.2) is 0 Å². The molecule has 14 heavy (non-hydrogen) atoms. The Kier molecular flexibility index (Phi) is 6.28. The fraction of sp³-hybridized carbons (Fsp3) is 0.778. The normalized spacial score (nSPS) is 12.0. The van der Waals surface area contributed by atoms with Crippen LogP contribution in [0.1, 0.15) is 13.8 Å². The number of likely N-dealkylation sites (N-methyl/N-ethyl adjacent to an activating group) is 1. The highest BCUT2D eigenvalue weighted by Crippen LogP contribution is 2.02. The van der Waals surface area contributed by atoms with Gasteiger partial charge in [0.05, 0.1) is 6.61 Å². The van der Waals surface area contributed by atoms with Crippen molar-refractivity contribution in [1.82, 2.24) is 4.90 Å². The van der Waals surface area contributed by atoms with Crippen LogP contribution in [-0.4, -0.2) is 42.9 Å². The van der Waals surface area contributed by atoms with E-state index in [0.717, 1.165) is 0 Å². The standard InChI is InChI=1S/C9H16ClNO3/c1-4-14-8(12)6-11(3)9(13)7(2)5-10/h7H,4-6H2,1-3H3. The maximum absolute atomic E-state index is 11.4. The molecule has 0 aliphatic carbocycles. The van der Waals surface area contributed by atoms with Crippen LogP contribution in [0.25, 0.3) is 0 Å². The minimum absolute atomic E-state index is 0.0199. The number of alkyl halides is 1. The lowest BCUT2D eigenvalue weighted by Gasteiger charge is -2.18. The number of carbonyl (C=O) groups excluding carboxylic acids is 2. The molecule has 4 nitrogen and oxygen atoms in total. The summed E-state index contributed by atoms with van der Waals surface area (Å²) in [6, 6.07) is 0. The average Bonchev–Trinajstić information content (AvgIpc) is 2.15. The third-order valence-electron chi connectivity index (χ3n) is 1.70. The molecule has 0 aliphatic rings. The van der Waals surface area contributed by atoms with Crippen molar-refractivity contribution in [3.8, 4) is 0 Å². The van der Waals surface area contributed by atoms with Gasteiger partial charge in [-0.1, -0.05) is 6.92 Å². The number of ether oxygens (including phenoxy) is 1. The van der Waals surface area contributed by atoms with Crippen LogP contribution >= 0.6 is 11.6 Å². The van der Waals surface area contributed by atoms with E-state index in [4.69, 9.17) is 16.3 Å². The van der Waals surface area contributed by atoms with Crippen LogP contribution in [0, 0.1) is 5.92 Å². The first-order valence-corrected chi connectivity index (χ1v) is 5.02. The maximum Gasteiger partial charge on any atom is 0.325 e. The highest BCUT2D eigenvalue weighted by molar-refractivity contribution is 6.19. The van der Waals surface area contributed by atoms with E-state index in [1.165, 1.54) is 4.90 Å². The Morgan fingerprint density at radius 1 is 1.50 bits per heavy atom. The molecule has 0 heterocycles. The van der Waals surface area contributed by atoms with Crippen molar-refractivity contribution < 1.29 is 14.3 Å². The molecule has 0 aliphatic heterocycles. The fourth-order valence-electron chi connectivity index (χ4n) is 0.920. The predicted octanol–water partition coefficient (Wildman–Crippen LogP) is 0.883. The van der Waals surface area contributed by atoms with Crippen LogP contribution in [0.15, 0.2) is 0 Å². The van der Waals surface area contributed by atoms with Gasteiger partial charge in [0.2, 0.25) is 5.91 Å². The highest BCUT2D eigenvalue weighted by Gasteiger charge is 2.18. The molecule has 0 radical (unpaired) electrons. The quantitative estimate of drug-likeness (QED) is 0.512. The number of halogens is 1. The molecule has 5 heteroatoms. The van der Waals surface area contributed by atoms with Crippen molar-refractivity contribution in [3.05, 3.63) is 0 Å². The third-order valence-corrected chi connectivity index (χ3v) is 2.16. The predicted molar refractivity (Wildman–Crippen MR) is 54.2 cm³/mol. The minimum atomic E-state index is -0.398. The second-order valence-electron chi connectivity index (χ2n) is 3.05. The smallest absolute Gasteiger partial charge is 0.325 e. The van der Waals surface area contributed by atoms with E-state index in [2.05, 4.69) is 0 Å². The van der Waals surface area contributed by atoms with Crippen LogP contribution in [-0.2, 0) is 14.3 Å². The zero-order valence-electron chi connectivity index (χ0n) is 8.75. The van der Waals surface area contributed by atoms with Gasteiger partial charge in [-0.05, 0) is 6.92 Å². The molecule has 0 spiro atoms. The number of hydrogen-bond donors (Lipinski definition) is 0. The van der Waals surface area contributed by atoms with Gasteiger partial charge < -0.3 is 9.64 Å². The molecular formula is C9H16ClNO3. The number of carbonyl (C=O) groups is 2. The second kappa shape index (κ2) is 6.65. The molecule has 0 aromatic carbocycles. The summed E-state index contributed by atoms with van der Waals surface area (Å²) in [7, 11) is 1.56. The van der Waals surface area contributed by atoms with E-state index in [0.29, 0.717) is 6.61 Å². The topological polar surface area (TPSA) is 46.6 Å². The molecule has 0 rings (SSSR count). The molecule has 82 valence electrons. The largest absolute Gasteiger partial charge is 0.465 e. The molecular weight excluding hydrogens is 206 g/mol. The minimum Gasteiger partial charge on any atom is -0.465 e. The van der Waals surface area contributed by atoms with Crippen LogP contribution in [0.5, 0.6) is 0 Å². The molecule has 0 bridgehead atoms. The Labute approximate surface area is 89.2 Å². The van der Waals surface area contributed by atoms with Crippen molar-refractivity contribution in [3.63, 3.8) is 0 Å². The zero-order valence-corrected chi connectivity index (χ0v) is 9.50. The van der Waals surface area contributed by atoms with E-state index < -0.39 is 5.97 Å². The third kappa shape index (κ3) is 4.46. The summed E-state index contributed by atoms with van der Waals surface area (Å²) in [6.07, 6.45) is 0. The van der Waals surface area contributed by atoms with E-state index in [9.17, 15) is 9.59 Å². The molecule has 1 amide bonds. The summed E-state index contributed by atoms with van der Waals surface area (Å²) in [6.45, 7) is 3.75. The second-order valence-corrected chi connectivity index (χ2v) is 3.36. The van der Waals surface area contributed by atoms with Crippen LogP contribution in [0.4, 0.5) is 0 Å². The summed E-state index contributed by atoms with van der Waals surface area (Å²) < 4.78 is 4.71. The Morgan fingerprint density at radius 2 is 2.07 bits per heavy atom. The average molecular weight is 222 g/mol. The van der Waals surface area contributed by atoms with Gasteiger partial charge in [0.1, 0.15) is 6.54 Å². The zero-order chi connectivity index (χ0) is 11.1. The van der Waals surface area contributed by atoms with Gasteiger partial charge in [-0.3, -0.25) is 9.59 Å². The Bertz CT molecular complexity index is 208. The first-order chi connectivity index (χ1) is 6.52. The van der Waals surface area contributed by atoms with Crippen molar-refractivity contribution in [1.29, 1.82) is 0 Å². The molecule has 1 atom stereocenters. The molecule has 0 aromatic rings. The van der Waals surface area contributed by atoms with E-state index in [1.807, 2.05) is 0 Å². The van der Waals surface area contributed by atoms with Gasteiger partial charge in [-0.2, -0.15) is 0 Å². The van der Waals surface area contributed by atoms with Gasteiger partial charge in [-0.15, -0.1) is 11.6 Å². The Hall–Kier alpha value is -0.770. The van der Waals surface area contributed by atoms with E-state index in [1.54, 1.807) is 20.9 Å². The first kappa shape index (κ1) is 13.2. The van der Waals surface area contributed by atoms with E-state index >= 15 is 0 Å². The monoisotopic (exact) mass is 221 g/mol. The number of nitrogens with zero attached hydrogens (tertiary/aromatic N) is 1. The number of amides is 1. The SMILES string of the molecule is CCOC(=O)CN(C)C(=O)C(C)CCl. The van der Waals surface area contributed by atoms with Crippen molar-refractivity contribution >= 4 is 23.5 Å². The van der Waals surface area contributed by atoms with Gasteiger partial charge in [0, 0.05) is 18.8 Å². The lowest BCUT2D eigenvalue weighted by atomic mass is 10.2. The van der Waals surface area contributed by atoms with E-state index in [-0.39, 0.29) is 24.2 Å². The summed E-state index contributed by atoms with van der Waals surface area (Å²) in [5, 5.41) is 0. The first-order valence-electron chi connectivity index (χ1n) is 4.49.